The number of amides is 2. The quantitative estimate of drug-likeness (QED) is 0.504. The molecule has 1 aliphatic rings. The normalized spacial score (nSPS) is 14.5. The number of benzene rings is 2. The van der Waals surface area contributed by atoms with Gasteiger partial charge in [0, 0.05) is 30.6 Å². The van der Waals surface area contributed by atoms with Gasteiger partial charge in [0.1, 0.15) is 6.04 Å². The molecule has 9 heteroatoms. The van der Waals surface area contributed by atoms with E-state index in [4.69, 9.17) is 11.6 Å². The maximum Gasteiger partial charge on any atom is 0.242 e. The zero-order chi connectivity index (χ0) is 24.0. The molecule has 2 amide bonds. The fraction of sp³-hybridized carbons (Fsp3) is 0.417. The van der Waals surface area contributed by atoms with Crippen LogP contribution in [0.4, 0.5) is 0 Å². The van der Waals surface area contributed by atoms with Crippen LogP contribution in [0.2, 0.25) is 5.02 Å². The number of hydrogen-bond acceptors (Lipinski definition) is 4. The highest BCUT2D eigenvalue weighted by Crippen LogP contribution is 2.22. The molecule has 2 aromatic carbocycles. The minimum absolute atomic E-state index is 0.0471. The Morgan fingerprint density at radius 1 is 1.06 bits per heavy atom. The number of aryl methyl sites for hydroxylation is 1. The highest BCUT2D eigenvalue weighted by molar-refractivity contribution is 7.89. The molecule has 0 unspecified atom stereocenters. The van der Waals surface area contributed by atoms with Crippen LogP contribution in [-0.4, -0.2) is 43.8 Å². The van der Waals surface area contributed by atoms with Gasteiger partial charge in [-0.1, -0.05) is 35.9 Å². The molecule has 0 aliphatic heterocycles. The molecule has 0 heterocycles. The molecule has 0 aromatic heterocycles. The number of halogens is 1. The molecule has 3 rings (SSSR count). The summed E-state index contributed by atoms with van der Waals surface area (Å²) in [5, 5.41) is 3.37. The van der Waals surface area contributed by atoms with E-state index in [2.05, 4.69) is 10.0 Å². The third-order valence-electron chi connectivity index (χ3n) is 5.54. The maximum atomic E-state index is 13.1. The Hall–Kier alpha value is -2.42. The van der Waals surface area contributed by atoms with Gasteiger partial charge in [-0.05, 0) is 68.5 Å². The van der Waals surface area contributed by atoms with Gasteiger partial charge in [-0.25, -0.2) is 13.1 Å². The van der Waals surface area contributed by atoms with Gasteiger partial charge in [-0.15, -0.1) is 0 Å². The minimum Gasteiger partial charge on any atom is -0.355 e. The van der Waals surface area contributed by atoms with Crippen LogP contribution in [0.5, 0.6) is 0 Å². The van der Waals surface area contributed by atoms with E-state index in [1.165, 1.54) is 0 Å². The van der Waals surface area contributed by atoms with Gasteiger partial charge in [0.2, 0.25) is 21.8 Å². The molecule has 0 bridgehead atoms. The number of likely N-dealkylation sites (N-methyl/N-ethyl adjacent to an activating group) is 1. The largest absolute Gasteiger partial charge is 0.355 e. The molecule has 2 aromatic rings. The summed E-state index contributed by atoms with van der Waals surface area (Å²) in [5.41, 5.74) is 1.73. The van der Waals surface area contributed by atoms with Gasteiger partial charge in [0.15, 0.2) is 0 Å². The Bertz CT molecular complexity index is 1070. The van der Waals surface area contributed by atoms with Gasteiger partial charge in [-0.2, -0.15) is 0 Å². The van der Waals surface area contributed by atoms with Crippen molar-refractivity contribution in [2.45, 2.75) is 63.1 Å². The van der Waals surface area contributed by atoms with Crippen LogP contribution < -0.4 is 10.0 Å². The SMILES string of the molecule is CCNC(=O)[C@@H](C)N(Cc1ccc(Cl)cc1)C(=O)CCc1ccc(S(=O)(=O)NC2CC2)cc1. The molecular formula is C24H30ClN3O4S. The Labute approximate surface area is 200 Å². The van der Waals surface area contributed by atoms with Gasteiger partial charge in [0.05, 0.1) is 4.90 Å². The average Bonchev–Trinajstić information content (AvgIpc) is 3.60. The number of carbonyl (C=O) groups is 2. The summed E-state index contributed by atoms with van der Waals surface area (Å²) in [6.45, 7) is 4.32. The van der Waals surface area contributed by atoms with Crippen molar-refractivity contribution < 1.29 is 18.0 Å². The van der Waals surface area contributed by atoms with E-state index in [0.29, 0.717) is 24.5 Å². The number of hydrogen-bond donors (Lipinski definition) is 2. The van der Waals surface area contributed by atoms with E-state index in [-0.39, 0.29) is 29.2 Å². The summed E-state index contributed by atoms with van der Waals surface area (Å²) in [6.07, 6.45) is 2.39. The molecule has 1 aliphatic carbocycles. The molecule has 0 saturated heterocycles. The van der Waals surface area contributed by atoms with Crippen molar-refractivity contribution in [2.75, 3.05) is 6.54 Å². The van der Waals surface area contributed by atoms with Gasteiger partial charge < -0.3 is 10.2 Å². The predicted molar refractivity (Wildman–Crippen MR) is 128 cm³/mol. The van der Waals surface area contributed by atoms with Crippen molar-refractivity contribution >= 4 is 33.4 Å². The first kappa shape index (κ1) is 25.2. The van der Waals surface area contributed by atoms with Gasteiger partial charge >= 0.3 is 0 Å². The van der Waals surface area contributed by atoms with Crippen LogP contribution in [0.3, 0.4) is 0 Å². The third kappa shape index (κ3) is 7.28. The molecule has 33 heavy (non-hydrogen) atoms. The molecule has 1 fully saturated rings. The van der Waals surface area contributed by atoms with Crippen molar-refractivity contribution in [2.24, 2.45) is 0 Å². The molecular weight excluding hydrogens is 462 g/mol. The van der Waals surface area contributed by atoms with Gasteiger partial charge in [0.25, 0.3) is 0 Å². The van der Waals surface area contributed by atoms with E-state index in [1.54, 1.807) is 48.2 Å². The number of carbonyl (C=O) groups excluding carboxylic acids is 2. The van der Waals surface area contributed by atoms with Crippen LogP contribution in [0.1, 0.15) is 44.2 Å². The lowest BCUT2D eigenvalue weighted by Crippen LogP contribution is -2.47. The van der Waals surface area contributed by atoms with Crippen LogP contribution in [-0.2, 0) is 32.6 Å². The molecule has 1 saturated carbocycles. The van der Waals surface area contributed by atoms with E-state index >= 15 is 0 Å². The number of sulfonamides is 1. The number of rotatable bonds is 11. The standard InChI is InChI=1S/C24H30ClN3O4S/c1-3-26-24(30)17(2)28(16-19-4-9-20(25)10-5-19)23(29)15-8-18-6-13-22(14-7-18)33(31,32)27-21-11-12-21/h4-7,9-10,13-14,17,21,27H,3,8,11-12,15-16H2,1-2H3,(H,26,30)/t17-/m1/s1. The fourth-order valence-electron chi connectivity index (χ4n) is 3.41. The Morgan fingerprint density at radius 3 is 2.24 bits per heavy atom. The number of nitrogens with one attached hydrogen (secondary N) is 2. The van der Waals surface area contributed by atoms with Crippen molar-refractivity contribution in [1.29, 1.82) is 0 Å². The van der Waals surface area contributed by atoms with Crippen LogP contribution in [0.15, 0.2) is 53.4 Å². The highest BCUT2D eigenvalue weighted by atomic mass is 35.5. The lowest BCUT2D eigenvalue weighted by molar-refractivity contribution is -0.140. The molecule has 7 nitrogen and oxygen atoms in total. The van der Waals surface area contributed by atoms with E-state index in [0.717, 1.165) is 24.0 Å². The van der Waals surface area contributed by atoms with Crippen LogP contribution in [0, 0.1) is 0 Å². The first-order valence-corrected chi connectivity index (χ1v) is 13.0. The summed E-state index contributed by atoms with van der Waals surface area (Å²) in [5.74, 6) is -0.367. The molecule has 1 atom stereocenters. The number of nitrogens with zero attached hydrogens (tertiary/aromatic N) is 1. The second kappa shape index (κ2) is 11.1. The van der Waals surface area contributed by atoms with Crippen molar-refractivity contribution in [3.8, 4) is 0 Å². The Morgan fingerprint density at radius 2 is 1.67 bits per heavy atom. The topological polar surface area (TPSA) is 95.6 Å². The fourth-order valence-corrected chi connectivity index (χ4v) is 4.84. The Kier molecular flexibility index (Phi) is 8.51. The summed E-state index contributed by atoms with van der Waals surface area (Å²) in [4.78, 5) is 27.3. The maximum absolute atomic E-state index is 13.1. The summed E-state index contributed by atoms with van der Waals surface area (Å²) in [7, 11) is -3.50. The zero-order valence-corrected chi connectivity index (χ0v) is 20.5. The van der Waals surface area contributed by atoms with E-state index < -0.39 is 16.1 Å². The zero-order valence-electron chi connectivity index (χ0n) is 18.9. The van der Waals surface area contributed by atoms with Crippen molar-refractivity contribution in [3.05, 3.63) is 64.7 Å². The van der Waals surface area contributed by atoms with Crippen LogP contribution >= 0.6 is 11.6 Å². The van der Waals surface area contributed by atoms with E-state index in [1.807, 2.05) is 19.1 Å². The average molecular weight is 492 g/mol. The first-order valence-electron chi connectivity index (χ1n) is 11.1. The van der Waals surface area contributed by atoms with Crippen molar-refractivity contribution in [1.82, 2.24) is 14.9 Å². The lowest BCUT2D eigenvalue weighted by atomic mass is 10.1. The molecule has 0 radical (unpaired) electrons. The van der Waals surface area contributed by atoms with Gasteiger partial charge in [-0.3, -0.25) is 9.59 Å². The summed E-state index contributed by atoms with van der Waals surface area (Å²) in [6, 6.07) is 13.2. The third-order valence-corrected chi connectivity index (χ3v) is 7.33. The monoisotopic (exact) mass is 491 g/mol. The second-order valence-corrected chi connectivity index (χ2v) is 10.4. The lowest BCUT2D eigenvalue weighted by Gasteiger charge is -2.29. The summed E-state index contributed by atoms with van der Waals surface area (Å²) >= 11 is 5.96. The first-order chi connectivity index (χ1) is 15.7. The second-order valence-electron chi connectivity index (χ2n) is 8.26. The molecule has 0 spiro atoms. The van der Waals surface area contributed by atoms with Crippen LogP contribution in [0.25, 0.3) is 0 Å². The molecule has 178 valence electrons. The highest BCUT2D eigenvalue weighted by Gasteiger charge is 2.28. The Balaban J connectivity index is 1.66. The molecule has 2 N–H and O–H groups in total. The van der Waals surface area contributed by atoms with Crippen molar-refractivity contribution in [3.63, 3.8) is 0 Å². The van der Waals surface area contributed by atoms with E-state index in [9.17, 15) is 18.0 Å². The predicted octanol–water partition coefficient (Wildman–Crippen LogP) is 3.27. The smallest absolute Gasteiger partial charge is 0.242 e. The summed E-state index contributed by atoms with van der Waals surface area (Å²) < 4.78 is 27.3. The minimum atomic E-state index is -3.50.